The van der Waals surface area contributed by atoms with Gasteiger partial charge in [0.1, 0.15) is 5.82 Å². The van der Waals surface area contributed by atoms with Gasteiger partial charge in [0.25, 0.3) is 0 Å². The topological polar surface area (TPSA) is 17.1 Å². The largest absolute Gasteiger partial charge is 0.291 e. The van der Waals surface area contributed by atoms with Crippen molar-refractivity contribution >= 4 is 6.29 Å². The van der Waals surface area contributed by atoms with E-state index in [4.69, 9.17) is 0 Å². The van der Waals surface area contributed by atoms with Crippen molar-refractivity contribution in [3.05, 3.63) is 35.1 Å². The van der Waals surface area contributed by atoms with Crippen LogP contribution in [0.1, 0.15) is 12.0 Å². The van der Waals surface area contributed by atoms with Crippen LogP contribution in [0.25, 0.3) is 0 Å². The molecular weight excluding hydrogens is 181 g/mol. The maximum absolute atomic E-state index is 12.8. The van der Waals surface area contributed by atoms with E-state index in [9.17, 15) is 18.0 Å². The molecule has 69 valence electrons. The van der Waals surface area contributed by atoms with E-state index in [0.29, 0.717) is 6.07 Å². The van der Waals surface area contributed by atoms with Crippen molar-refractivity contribution in [1.29, 1.82) is 0 Å². The molecule has 0 aliphatic carbocycles. The second-order valence-electron chi connectivity index (χ2n) is 2.50. The van der Waals surface area contributed by atoms with E-state index >= 15 is 0 Å². The smallest absolute Gasteiger partial charge is 0.198 e. The summed E-state index contributed by atoms with van der Waals surface area (Å²) in [6, 6.07) is 1.22. The molecule has 4 heteroatoms. The molecule has 0 N–H and O–H groups in total. The van der Waals surface area contributed by atoms with Gasteiger partial charge in [-0.15, -0.1) is 0 Å². The Morgan fingerprint density at radius 3 is 2.31 bits per heavy atom. The van der Waals surface area contributed by atoms with Gasteiger partial charge in [-0.05, 0) is 18.1 Å². The Labute approximate surface area is 73.2 Å². The second kappa shape index (κ2) is 4.07. The van der Waals surface area contributed by atoms with Crippen molar-refractivity contribution < 1.29 is 18.0 Å². The number of benzene rings is 1. The lowest BCUT2D eigenvalue weighted by Gasteiger charge is -2.00. The van der Waals surface area contributed by atoms with Gasteiger partial charge >= 0.3 is 0 Å². The van der Waals surface area contributed by atoms with Crippen molar-refractivity contribution in [2.75, 3.05) is 0 Å². The molecule has 0 heterocycles. The minimum atomic E-state index is -1.23. The summed E-state index contributed by atoms with van der Waals surface area (Å²) in [7, 11) is 0. The number of hydrogen-bond acceptors (Lipinski definition) is 1. The molecule has 0 spiro atoms. The Balaban J connectivity index is 2.94. The van der Waals surface area contributed by atoms with Gasteiger partial charge in [0.05, 0.1) is 0 Å². The van der Waals surface area contributed by atoms with Gasteiger partial charge in [0.2, 0.25) is 0 Å². The molecule has 0 saturated carbocycles. The first-order valence-corrected chi connectivity index (χ1v) is 3.63. The molecule has 13 heavy (non-hydrogen) atoms. The predicted molar refractivity (Wildman–Crippen MR) is 40.3 cm³/mol. The van der Waals surface area contributed by atoms with Gasteiger partial charge < -0.3 is 0 Å². The molecule has 0 fully saturated rings. The maximum atomic E-state index is 12.8. The number of hydrogen-bond donors (Lipinski definition) is 0. The fourth-order valence-corrected chi connectivity index (χ4v) is 0.941. The first kappa shape index (κ1) is 9.77. The van der Waals surface area contributed by atoms with Crippen LogP contribution in [0.3, 0.4) is 0 Å². The van der Waals surface area contributed by atoms with Crippen LogP contribution in [0.2, 0.25) is 0 Å². The molecule has 0 aliphatic heterocycles. The molecular formula is C9H6F3O. The summed E-state index contributed by atoms with van der Waals surface area (Å²) in [4.78, 5) is 9.83. The third kappa shape index (κ3) is 2.31. The van der Waals surface area contributed by atoms with Crippen LogP contribution in [0.15, 0.2) is 12.1 Å². The predicted octanol–water partition coefficient (Wildman–Crippen LogP) is 2.15. The highest BCUT2D eigenvalue weighted by Gasteiger charge is 2.08. The van der Waals surface area contributed by atoms with Crippen molar-refractivity contribution in [2.45, 2.75) is 12.8 Å². The van der Waals surface area contributed by atoms with Gasteiger partial charge in [-0.3, -0.25) is 4.79 Å². The maximum Gasteiger partial charge on any atom is 0.198 e. The number of carbonyl (C=O) groups excluding carboxylic acids is 1. The standard InChI is InChI=1S/C9H6F3O/c10-7-5-9(12)8(11)4-6(7)2-1-3-13/h4-5H,1-2H2. The third-order valence-electron chi connectivity index (χ3n) is 1.59. The summed E-state index contributed by atoms with van der Waals surface area (Å²) in [6.45, 7) is 0. The van der Waals surface area contributed by atoms with Crippen LogP contribution in [0.4, 0.5) is 13.2 Å². The monoisotopic (exact) mass is 187 g/mol. The van der Waals surface area contributed by atoms with Gasteiger partial charge in [0.15, 0.2) is 17.9 Å². The molecule has 0 amide bonds. The minimum Gasteiger partial charge on any atom is -0.291 e. The molecule has 0 saturated heterocycles. The van der Waals surface area contributed by atoms with E-state index in [1.165, 1.54) is 0 Å². The third-order valence-corrected chi connectivity index (χ3v) is 1.59. The van der Waals surface area contributed by atoms with E-state index in [2.05, 4.69) is 0 Å². The lowest BCUT2D eigenvalue weighted by Crippen LogP contribution is -1.95. The van der Waals surface area contributed by atoms with E-state index in [-0.39, 0.29) is 18.4 Å². The summed E-state index contributed by atoms with van der Waals surface area (Å²) < 4.78 is 37.8. The van der Waals surface area contributed by atoms with Gasteiger partial charge in [0, 0.05) is 12.5 Å². The Hall–Kier alpha value is -1.32. The fourth-order valence-electron chi connectivity index (χ4n) is 0.941. The summed E-state index contributed by atoms with van der Waals surface area (Å²) in [5, 5.41) is 0. The van der Waals surface area contributed by atoms with Gasteiger partial charge in [-0.2, -0.15) is 0 Å². The molecule has 0 unspecified atom stereocenters. The van der Waals surface area contributed by atoms with E-state index in [1.54, 1.807) is 6.29 Å². The van der Waals surface area contributed by atoms with Crippen LogP contribution in [-0.4, -0.2) is 6.29 Å². The summed E-state index contributed by atoms with van der Waals surface area (Å²) in [6.07, 6.45) is 1.55. The second-order valence-corrected chi connectivity index (χ2v) is 2.50. The Kier molecular flexibility index (Phi) is 3.06. The summed E-state index contributed by atoms with van der Waals surface area (Å²) in [5.41, 5.74) is -0.0118. The van der Waals surface area contributed by atoms with Crippen molar-refractivity contribution in [3.8, 4) is 0 Å². The van der Waals surface area contributed by atoms with Crippen molar-refractivity contribution in [2.24, 2.45) is 0 Å². The van der Waals surface area contributed by atoms with Gasteiger partial charge in [-0.1, -0.05) is 0 Å². The highest BCUT2D eigenvalue weighted by molar-refractivity contribution is 5.51. The highest BCUT2D eigenvalue weighted by Crippen LogP contribution is 2.14. The SMILES string of the molecule is O=[C]CCc1cc(F)c(F)cc1F. The first-order chi connectivity index (χ1) is 6.15. The van der Waals surface area contributed by atoms with Crippen LogP contribution in [0, 0.1) is 17.5 Å². The molecule has 1 aromatic carbocycles. The highest BCUT2D eigenvalue weighted by atomic mass is 19.2. The van der Waals surface area contributed by atoms with Crippen LogP contribution in [-0.2, 0) is 11.2 Å². The number of rotatable bonds is 3. The summed E-state index contributed by atoms with van der Waals surface area (Å²) >= 11 is 0. The quantitative estimate of drug-likeness (QED) is 0.662. The van der Waals surface area contributed by atoms with E-state index in [1.807, 2.05) is 0 Å². The zero-order valence-corrected chi connectivity index (χ0v) is 6.61. The Bertz CT molecular complexity index is 323. The van der Waals surface area contributed by atoms with E-state index in [0.717, 1.165) is 6.07 Å². The molecule has 1 rings (SSSR count). The minimum absolute atomic E-state index is 0.0118. The van der Waals surface area contributed by atoms with Crippen LogP contribution in [0.5, 0.6) is 0 Å². The molecule has 0 aliphatic rings. The average molecular weight is 187 g/mol. The number of aryl methyl sites for hydroxylation is 1. The lowest BCUT2D eigenvalue weighted by molar-refractivity contribution is 0.489. The van der Waals surface area contributed by atoms with Gasteiger partial charge in [-0.25, -0.2) is 13.2 Å². The molecule has 0 aromatic heterocycles. The molecule has 1 aromatic rings. The van der Waals surface area contributed by atoms with E-state index < -0.39 is 17.5 Å². The lowest BCUT2D eigenvalue weighted by atomic mass is 10.1. The average Bonchev–Trinajstić information content (AvgIpc) is 2.09. The Morgan fingerprint density at radius 2 is 1.69 bits per heavy atom. The zero-order valence-electron chi connectivity index (χ0n) is 6.61. The number of halogens is 3. The summed E-state index contributed by atoms with van der Waals surface area (Å²) in [5.74, 6) is -3.17. The van der Waals surface area contributed by atoms with Crippen LogP contribution >= 0.6 is 0 Å². The zero-order chi connectivity index (χ0) is 9.84. The molecule has 1 radical (unpaired) electrons. The van der Waals surface area contributed by atoms with Crippen molar-refractivity contribution in [3.63, 3.8) is 0 Å². The van der Waals surface area contributed by atoms with Crippen LogP contribution < -0.4 is 0 Å². The Morgan fingerprint density at radius 1 is 1.08 bits per heavy atom. The molecule has 0 bridgehead atoms. The normalized spacial score (nSPS) is 10.1. The van der Waals surface area contributed by atoms with Crippen molar-refractivity contribution in [1.82, 2.24) is 0 Å². The molecule has 0 atom stereocenters. The molecule has 1 nitrogen and oxygen atoms in total. The first-order valence-electron chi connectivity index (χ1n) is 3.63. The fraction of sp³-hybridized carbons (Fsp3) is 0.222.